The Balaban J connectivity index is 1.09. The number of carbonyl (C=O) groups excluding carboxylic acids is 1. The average Bonchev–Trinajstić information content (AvgIpc) is 3.01. The number of hydrogen-bond donors (Lipinski definition) is 2. The number of anilines is 3. The van der Waals surface area contributed by atoms with Gasteiger partial charge in [0.25, 0.3) is 5.91 Å². The molecule has 0 spiro atoms. The number of carbonyl (C=O) groups is 1. The van der Waals surface area contributed by atoms with Gasteiger partial charge in [0.1, 0.15) is 36.2 Å². The number of piperazine rings is 1. The van der Waals surface area contributed by atoms with Gasteiger partial charge in [0.15, 0.2) is 12.0 Å². The second kappa shape index (κ2) is 13.3. The van der Waals surface area contributed by atoms with Crippen LogP contribution in [0.2, 0.25) is 0 Å². The Kier molecular flexibility index (Phi) is 9.02. The highest BCUT2D eigenvalue weighted by Gasteiger charge is 2.34. The minimum absolute atomic E-state index is 0.164. The molecule has 0 saturated carbocycles. The summed E-state index contributed by atoms with van der Waals surface area (Å²) in [6.07, 6.45) is -2.02. The van der Waals surface area contributed by atoms with E-state index in [9.17, 15) is 19.6 Å². The number of ether oxygens (including phenoxy) is 2. The maximum atomic E-state index is 15.2. The van der Waals surface area contributed by atoms with Crippen LogP contribution in [-0.4, -0.2) is 113 Å². The summed E-state index contributed by atoms with van der Waals surface area (Å²) in [5.74, 6) is -0.210. The molecule has 2 N–H and O–H groups in total. The summed E-state index contributed by atoms with van der Waals surface area (Å²) in [6.45, 7) is 6.13. The second-order valence-corrected chi connectivity index (χ2v) is 11.4. The topological polar surface area (TPSA) is 140 Å². The van der Waals surface area contributed by atoms with Crippen LogP contribution in [0.25, 0.3) is 11.4 Å². The predicted octanol–water partition coefficient (Wildman–Crippen LogP) is 2.51. The lowest BCUT2D eigenvalue weighted by molar-refractivity contribution is -0.143. The van der Waals surface area contributed by atoms with Crippen molar-refractivity contribution in [2.75, 3.05) is 62.7 Å². The molecule has 2 aromatic carbocycles. The number of halogens is 2. The third-order valence-electron chi connectivity index (χ3n) is 8.35. The van der Waals surface area contributed by atoms with Crippen LogP contribution in [0, 0.1) is 17.1 Å². The van der Waals surface area contributed by atoms with E-state index in [1.54, 1.807) is 30.3 Å². The van der Waals surface area contributed by atoms with Gasteiger partial charge in [0.2, 0.25) is 5.95 Å². The molecule has 3 saturated heterocycles. The van der Waals surface area contributed by atoms with Crippen LogP contribution in [0.3, 0.4) is 0 Å². The summed E-state index contributed by atoms with van der Waals surface area (Å²) < 4.78 is 41.2. The van der Waals surface area contributed by atoms with Crippen molar-refractivity contribution in [3.8, 4) is 23.2 Å². The largest absolute Gasteiger partial charge is 0.486 e. The van der Waals surface area contributed by atoms with Gasteiger partial charge in [0, 0.05) is 50.4 Å². The average molecular weight is 621 g/mol. The van der Waals surface area contributed by atoms with Crippen molar-refractivity contribution in [2.24, 2.45) is 0 Å². The van der Waals surface area contributed by atoms with Gasteiger partial charge >= 0.3 is 0 Å². The molecule has 45 heavy (non-hydrogen) atoms. The molecular formula is C31H34F2N8O4. The van der Waals surface area contributed by atoms with E-state index in [0.29, 0.717) is 23.0 Å². The standard InChI is InChI=1S/C31H34F2N8O4/c1-19(42)30(43)41-7-6-28(25(33)15-41)45-27-5-2-20(12-21(27)14-34)29-35-18-36-31(38-29)37-22-3-4-26(24(32)13-22)40-10-8-39(9-11-40)23-16-44-17-23/h2-5,12-13,18-19,23,25,28,42H,6-11,15-17H2,1H3,(H,35,36,37,38)/t19?,25-,28+/m1/s1. The maximum Gasteiger partial charge on any atom is 0.251 e. The molecule has 3 atom stereocenters. The number of amides is 1. The molecule has 236 valence electrons. The van der Waals surface area contributed by atoms with E-state index in [1.165, 1.54) is 24.2 Å². The molecular weight excluding hydrogens is 586 g/mol. The summed E-state index contributed by atoms with van der Waals surface area (Å²) >= 11 is 0. The highest BCUT2D eigenvalue weighted by atomic mass is 19.1. The Bertz CT molecular complexity index is 1580. The highest BCUT2D eigenvalue weighted by Crippen LogP contribution is 2.30. The SMILES string of the molecule is CC(O)C(=O)N1CC[C@H](Oc2ccc(-c3ncnc(Nc4ccc(N5CCN(C6COC6)CC5)c(F)c4)n3)cc2C#N)[C@H](F)C1. The molecule has 14 heteroatoms. The van der Waals surface area contributed by atoms with Crippen molar-refractivity contribution in [3.05, 3.63) is 54.1 Å². The normalized spacial score (nSPS) is 21.5. The smallest absolute Gasteiger partial charge is 0.251 e. The third kappa shape index (κ3) is 6.80. The van der Waals surface area contributed by atoms with Crippen molar-refractivity contribution in [1.82, 2.24) is 24.8 Å². The Hall–Kier alpha value is -4.45. The van der Waals surface area contributed by atoms with Gasteiger partial charge in [-0.05, 0) is 43.3 Å². The van der Waals surface area contributed by atoms with Crippen molar-refractivity contribution in [1.29, 1.82) is 5.26 Å². The highest BCUT2D eigenvalue weighted by molar-refractivity contribution is 5.80. The maximum absolute atomic E-state index is 15.2. The number of rotatable bonds is 8. The third-order valence-corrected chi connectivity index (χ3v) is 8.35. The van der Waals surface area contributed by atoms with Crippen molar-refractivity contribution in [3.63, 3.8) is 0 Å². The summed E-state index contributed by atoms with van der Waals surface area (Å²) in [5.41, 5.74) is 1.69. The van der Waals surface area contributed by atoms with Gasteiger partial charge < -0.3 is 29.7 Å². The van der Waals surface area contributed by atoms with Gasteiger partial charge in [-0.3, -0.25) is 9.69 Å². The number of nitrogens with zero attached hydrogens (tertiary/aromatic N) is 7. The molecule has 3 aliphatic heterocycles. The first-order chi connectivity index (χ1) is 21.8. The number of alkyl halides is 1. The second-order valence-electron chi connectivity index (χ2n) is 11.4. The van der Waals surface area contributed by atoms with E-state index in [0.717, 1.165) is 39.4 Å². The number of nitrogens with one attached hydrogen (secondary N) is 1. The van der Waals surface area contributed by atoms with E-state index in [2.05, 4.69) is 31.2 Å². The fourth-order valence-electron chi connectivity index (χ4n) is 5.73. The van der Waals surface area contributed by atoms with Crippen LogP contribution in [0.4, 0.5) is 26.1 Å². The Labute approximate surface area is 259 Å². The van der Waals surface area contributed by atoms with Gasteiger partial charge in [-0.25, -0.2) is 18.7 Å². The summed E-state index contributed by atoms with van der Waals surface area (Å²) in [4.78, 5) is 30.5. The van der Waals surface area contributed by atoms with Crippen molar-refractivity contribution in [2.45, 2.75) is 37.8 Å². The minimum atomic E-state index is -1.48. The van der Waals surface area contributed by atoms with E-state index in [1.807, 2.05) is 4.90 Å². The van der Waals surface area contributed by atoms with Gasteiger partial charge in [-0.15, -0.1) is 0 Å². The van der Waals surface area contributed by atoms with E-state index < -0.39 is 24.3 Å². The molecule has 1 aromatic heterocycles. The number of piperidine rings is 1. The zero-order valence-corrected chi connectivity index (χ0v) is 24.8. The molecule has 1 unspecified atom stereocenters. The predicted molar refractivity (Wildman–Crippen MR) is 160 cm³/mol. The molecule has 0 aliphatic carbocycles. The van der Waals surface area contributed by atoms with Gasteiger partial charge in [0.05, 0.1) is 37.1 Å². The van der Waals surface area contributed by atoms with Crippen molar-refractivity contribution >= 4 is 23.2 Å². The lowest BCUT2D eigenvalue weighted by Gasteiger charge is -2.43. The Morgan fingerprint density at radius 2 is 1.96 bits per heavy atom. The molecule has 6 rings (SSSR count). The molecule has 4 heterocycles. The lowest BCUT2D eigenvalue weighted by atomic mass is 10.0. The zero-order chi connectivity index (χ0) is 31.5. The summed E-state index contributed by atoms with van der Waals surface area (Å²) in [6, 6.07) is 12.2. The van der Waals surface area contributed by atoms with Crippen LogP contribution >= 0.6 is 0 Å². The van der Waals surface area contributed by atoms with Gasteiger partial charge in [-0.1, -0.05) is 0 Å². The lowest BCUT2D eigenvalue weighted by Crippen LogP contribution is -2.56. The van der Waals surface area contributed by atoms with E-state index in [4.69, 9.17) is 9.47 Å². The molecule has 3 aromatic rings. The Morgan fingerprint density at radius 3 is 2.62 bits per heavy atom. The molecule has 1 amide bonds. The van der Waals surface area contributed by atoms with E-state index in [-0.39, 0.29) is 48.4 Å². The molecule has 0 radical (unpaired) electrons. The monoisotopic (exact) mass is 620 g/mol. The number of benzene rings is 2. The van der Waals surface area contributed by atoms with E-state index >= 15 is 4.39 Å². The number of likely N-dealkylation sites (tertiary alicyclic amines) is 1. The number of aliphatic hydroxyl groups excluding tert-OH is 1. The van der Waals surface area contributed by atoms with Crippen LogP contribution in [0.1, 0.15) is 18.9 Å². The quantitative estimate of drug-likeness (QED) is 0.384. The molecule has 3 aliphatic rings. The fourth-order valence-corrected chi connectivity index (χ4v) is 5.73. The molecule has 3 fully saturated rings. The van der Waals surface area contributed by atoms with Crippen LogP contribution in [0.5, 0.6) is 5.75 Å². The number of aliphatic hydroxyl groups is 1. The minimum Gasteiger partial charge on any atom is -0.486 e. The van der Waals surface area contributed by atoms with Crippen molar-refractivity contribution < 1.29 is 28.2 Å². The van der Waals surface area contributed by atoms with Gasteiger partial charge in [-0.2, -0.15) is 10.2 Å². The number of nitriles is 1. The number of hydrogen-bond acceptors (Lipinski definition) is 11. The fraction of sp³-hybridized carbons (Fsp3) is 0.452. The molecule has 0 bridgehead atoms. The van der Waals surface area contributed by atoms with Crippen LogP contribution in [0.15, 0.2) is 42.7 Å². The first-order valence-corrected chi connectivity index (χ1v) is 14.9. The van der Waals surface area contributed by atoms with Crippen LogP contribution < -0.4 is 15.0 Å². The first kappa shape index (κ1) is 30.6. The zero-order valence-electron chi connectivity index (χ0n) is 24.8. The Morgan fingerprint density at radius 1 is 1.16 bits per heavy atom. The van der Waals surface area contributed by atoms with Crippen LogP contribution in [-0.2, 0) is 9.53 Å². The number of aromatic nitrogens is 3. The first-order valence-electron chi connectivity index (χ1n) is 14.9. The summed E-state index contributed by atoms with van der Waals surface area (Å²) in [7, 11) is 0. The summed E-state index contributed by atoms with van der Waals surface area (Å²) in [5, 5.41) is 22.3. The molecule has 12 nitrogen and oxygen atoms in total.